The van der Waals surface area contributed by atoms with Gasteiger partial charge < -0.3 is 5.73 Å². The predicted molar refractivity (Wildman–Crippen MR) is 101 cm³/mol. The van der Waals surface area contributed by atoms with E-state index in [1.54, 1.807) is 12.1 Å². The average Bonchev–Trinajstić information content (AvgIpc) is 2.64. The molecule has 0 aromatic heterocycles. The first-order valence-corrected chi connectivity index (χ1v) is 10.0. The molecule has 0 bridgehead atoms. The highest BCUT2D eigenvalue weighted by atomic mass is 32.2. The van der Waals surface area contributed by atoms with Crippen molar-refractivity contribution in [2.24, 2.45) is 10.2 Å². The van der Waals surface area contributed by atoms with Crippen LogP contribution in [0.25, 0.3) is 0 Å². The van der Waals surface area contributed by atoms with Crippen LogP contribution in [-0.4, -0.2) is 26.0 Å². The van der Waals surface area contributed by atoms with Crippen LogP contribution in [0.1, 0.15) is 11.1 Å². The summed E-state index contributed by atoms with van der Waals surface area (Å²) in [5.41, 5.74) is 9.56. The Hall–Kier alpha value is -2.02. The molecule has 27 heavy (non-hydrogen) atoms. The van der Waals surface area contributed by atoms with E-state index in [1.807, 2.05) is 26.0 Å². The van der Waals surface area contributed by atoms with E-state index in [0.717, 1.165) is 11.1 Å². The molecule has 0 spiro atoms. The van der Waals surface area contributed by atoms with Crippen molar-refractivity contribution in [1.29, 1.82) is 0 Å². The summed E-state index contributed by atoms with van der Waals surface area (Å²) in [4.78, 5) is 0.133. The Morgan fingerprint density at radius 2 is 1.81 bits per heavy atom. The maximum absolute atomic E-state index is 12.2. The van der Waals surface area contributed by atoms with Gasteiger partial charge in [-0.3, -0.25) is 4.18 Å². The molecule has 0 saturated carbocycles. The standard InChI is InChI=1S/C16H19N3O6S2/c1-11-10-16(12(2)9-15(11)17)19-18-13-3-5-14(6-4-13)27(21,22)8-7-23-26-25-24-20/h3-6,9-10,20H,7-8,17H2,1-2H3. The number of hydrogen-bond donors (Lipinski definition) is 2. The first-order chi connectivity index (χ1) is 12.8. The molecular formula is C16H19N3O6S2. The molecule has 0 heterocycles. The number of rotatable bonds is 9. The molecule has 0 aliphatic rings. The Morgan fingerprint density at radius 3 is 2.48 bits per heavy atom. The van der Waals surface area contributed by atoms with Crippen molar-refractivity contribution in [3.63, 3.8) is 0 Å². The largest absolute Gasteiger partial charge is 0.399 e. The van der Waals surface area contributed by atoms with Crippen molar-refractivity contribution in [3.05, 3.63) is 47.5 Å². The normalized spacial score (nSPS) is 12.0. The molecule has 0 amide bonds. The lowest BCUT2D eigenvalue weighted by Gasteiger charge is -2.05. The molecule has 146 valence electrons. The Balaban J connectivity index is 2.03. The molecule has 3 N–H and O–H groups in total. The van der Waals surface area contributed by atoms with Crippen molar-refractivity contribution in [2.45, 2.75) is 18.7 Å². The topological polar surface area (TPSA) is 133 Å². The number of aryl methyl sites for hydroxylation is 2. The second-order valence-corrected chi connectivity index (χ2v) is 8.16. The second-order valence-electron chi connectivity index (χ2n) is 5.54. The summed E-state index contributed by atoms with van der Waals surface area (Å²) >= 11 is 0.327. The zero-order valence-electron chi connectivity index (χ0n) is 14.7. The van der Waals surface area contributed by atoms with Gasteiger partial charge in [0, 0.05) is 5.69 Å². The van der Waals surface area contributed by atoms with E-state index in [1.165, 1.54) is 12.1 Å². The van der Waals surface area contributed by atoms with E-state index in [9.17, 15) is 8.42 Å². The molecule has 0 saturated heterocycles. The van der Waals surface area contributed by atoms with Crippen LogP contribution in [0.15, 0.2) is 51.5 Å². The van der Waals surface area contributed by atoms with Gasteiger partial charge in [0.25, 0.3) is 0 Å². The Bertz CT molecular complexity index is 901. The van der Waals surface area contributed by atoms with Gasteiger partial charge in [-0.25, -0.2) is 13.7 Å². The summed E-state index contributed by atoms with van der Waals surface area (Å²) in [5.74, 6) is -0.264. The Kier molecular flexibility index (Phi) is 7.71. The van der Waals surface area contributed by atoms with Crippen LogP contribution in [0.3, 0.4) is 0 Å². The summed E-state index contributed by atoms with van der Waals surface area (Å²) in [6.07, 6.45) is 0. The van der Waals surface area contributed by atoms with Crippen LogP contribution in [-0.2, 0) is 23.4 Å². The quantitative estimate of drug-likeness (QED) is 0.157. The monoisotopic (exact) mass is 413 g/mol. The number of hydrogen-bond acceptors (Lipinski definition) is 10. The van der Waals surface area contributed by atoms with Crippen LogP contribution < -0.4 is 5.73 Å². The number of nitrogen functional groups attached to an aromatic ring is 1. The van der Waals surface area contributed by atoms with Gasteiger partial charge in [0.2, 0.25) is 0 Å². The van der Waals surface area contributed by atoms with Gasteiger partial charge in [-0.1, -0.05) is 5.04 Å². The summed E-state index contributed by atoms with van der Waals surface area (Å²) in [6, 6.07) is 9.70. The van der Waals surface area contributed by atoms with Gasteiger partial charge in [0.1, 0.15) is 0 Å². The van der Waals surface area contributed by atoms with E-state index in [4.69, 9.17) is 15.2 Å². The molecule has 0 fully saturated rings. The van der Waals surface area contributed by atoms with Crippen molar-refractivity contribution < 1.29 is 27.2 Å². The minimum Gasteiger partial charge on any atom is -0.399 e. The number of nitrogens with two attached hydrogens (primary N) is 1. The van der Waals surface area contributed by atoms with Crippen molar-refractivity contribution in [2.75, 3.05) is 18.1 Å². The van der Waals surface area contributed by atoms with E-state index >= 15 is 0 Å². The lowest BCUT2D eigenvalue weighted by atomic mass is 10.1. The van der Waals surface area contributed by atoms with Crippen LogP contribution in [0, 0.1) is 13.8 Å². The maximum atomic E-state index is 12.2. The van der Waals surface area contributed by atoms with E-state index in [0.29, 0.717) is 29.4 Å². The number of sulfone groups is 1. The highest BCUT2D eigenvalue weighted by molar-refractivity contribution is 7.91. The van der Waals surface area contributed by atoms with E-state index in [-0.39, 0.29) is 17.3 Å². The Labute approximate surface area is 161 Å². The number of anilines is 1. The molecule has 2 aromatic carbocycles. The van der Waals surface area contributed by atoms with Gasteiger partial charge in [0.05, 0.1) is 28.6 Å². The third-order valence-corrected chi connectivity index (χ3v) is 5.67. The van der Waals surface area contributed by atoms with E-state index < -0.39 is 9.84 Å². The molecule has 11 heteroatoms. The van der Waals surface area contributed by atoms with E-state index in [2.05, 4.69) is 19.6 Å². The molecule has 9 nitrogen and oxygen atoms in total. The fourth-order valence-corrected chi connectivity index (χ4v) is 3.50. The number of nitrogens with zero attached hydrogens (tertiary/aromatic N) is 2. The fraction of sp³-hybridized carbons (Fsp3) is 0.250. The zero-order valence-corrected chi connectivity index (χ0v) is 16.3. The average molecular weight is 413 g/mol. The van der Waals surface area contributed by atoms with Gasteiger partial charge in [-0.2, -0.15) is 10.2 Å². The number of azo groups is 1. The van der Waals surface area contributed by atoms with Crippen LogP contribution in [0.5, 0.6) is 0 Å². The minimum absolute atomic E-state index is 0.133. The first kappa shape index (κ1) is 21.3. The summed E-state index contributed by atoms with van der Waals surface area (Å²) in [7, 11) is -3.53. The lowest BCUT2D eigenvalue weighted by Crippen LogP contribution is -2.10. The van der Waals surface area contributed by atoms with Crippen molar-refractivity contribution in [3.8, 4) is 0 Å². The SMILES string of the molecule is Cc1cc(N=Nc2ccc(S(=O)(=O)CCOSOOO)cc2)c(C)cc1N. The maximum Gasteiger partial charge on any atom is 0.197 e. The molecule has 2 rings (SSSR count). The summed E-state index contributed by atoms with van der Waals surface area (Å²) < 4.78 is 33.1. The molecule has 0 aliphatic carbocycles. The highest BCUT2D eigenvalue weighted by Gasteiger charge is 2.14. The van der Waals surface area contributed by atoms with Crippen molar-refractivity contribution in [1.82, 2.24) is 0 Å². The van der Waals surface area contributed by atoms with Gasteiger partial charge in [-0.05, 0) is 61.4 Å². The predicted octanol–water partition coefficient (Wildman–Crippen LogP) is 4.08. The molecule has 0 aliphatic heterocycles. The third-order valence-electron chi connectivity index (χ3n) is 3.60. The lowest BCUT2D eigenvalue weighted by molar-refractivity contribution is -0.434. The fourth-order valence-electron chi connectivity index (χ4n) is 2.09. The smallest absolute Gasteiger partial charge is 0.197 e. The minimum atomic E-state index is -3.53. The Morgan fingerprint density at radius 1 is 1.11 bits per heavy atom. The van der Waals surface area contributed by atoms with Crippen LogP contribution >= 0.6 is 12.3 Å². The molecule has 0 atom stereocenters. The van der Waals surface area contributed by atoms with Gasteiger partial charge in [-0.15, -0.1) is 4.33 Å². The van der Waals surface area contributed by atoms with Gasteiger partial charge >= 0.3 is 0 Å². The highest BCUT2D eigenvalue weighted by Crippen LogP contribution is 2.27. The molecule has 0 unspecified atom stereocenters. The summed E-state index contributed by atoms with van der Waals surface area (Å²) in [6.45, 7) is 3.63. The van der Waals surface area contributed by atoms with Crippen LogP contribution in [0.4, 0.5) is 17.1 Å². The first-order valence-electron chi connectivity index (χ1n) is 7.71. The van der Waals surface area contributed by atoms with Crippen LogP contribution in [0.2, 0.25) is 0 Å². The molecular weight excluding hydrogens is 394 g/mol. The third kappa shape index (κ3) is 6.27. The van der Waals surface area contributed by atoms with Crippen molar-refractivity contribution >= 4 is 39.2 Å². The zero-order chi connectivity index (χ0) is 19.9. The summed E-state index contributed by atoms with van der Waals surface area (Å²) in [5, 5.41) is 19.6. The molecule has 0 radical (unpaired) electrons. The number of benzene rings is 2. The van der Waals surface area contributed by atoms with Gasteiger partial charge in [0.15, 0.2) is 22.2 Å². The molecule has 2 aromatic rings. The second kappa shape index (κ2) is 9.78.